The number of fused-ring (bicyclic) bond motifs is 2. The molecule has 1 aliphatic rings. The highest BCUT2D eigenvalue weighted by Gasteiger charge is 2.22. The number of aliphatic hydroxyl groups is 1. The van der Waals surface area contributed by atoms with E-state index in [0.29, 0.717) is 17.9 Å². The lowest BCUT2D eigenvalue weighted by Crippen LogP contribution is -2.30. The van der Waals surface area contributed by atoms with Crippen LogP contribution in [0.1, 0.15) is 61.9 Å². The van der Waals surface area contributed by atoms with Crippen molar-refractivity contribution < 1.29 is 9.90 Å². The number of carbonyl (C=O) groups is 1. The Bertz CT molecular complexity index is 1550. The molecule has 5 aromatic rings. The SMILES string of the molecule is CC(C)(O)Cc1cc(C(=O)NCC2CCCCC2)cc2[nH]c(-c3n[nH]c4cc(-c5cn[nH]c5)sc34)cc12. The van der Waals surface area contributed by atoms with Crippen LogP contribution in [0.4, 0.5) is 0 Å². The summed E-state index contributed by atoms with van der Waals surface area (Å²) in [6.45, 7) is 4.31. The van der Waals surface area contributed by atoms with Crippen molar-refractivity contribution in [3.05, 3.63) is 47.8 Å². The minimum Gasteiger partial charge on any atom is -0.390 e. The van der Waals surface area contributed by atoms with Gasteiger partial charge in [0.1, 0.15) is 5.69 Å². The lowest BCUT2D eigenvalue weighted by molar-refractivity contribution is 0.0811. The zero-order chi connectivity index (χ0) is 25.6. The lowest BCUT2D eigenvalue weighted by Gasteiger charge is -2.22. The number of hydrogen-bond acceptors (Lipinski definition) is 5. The summed E-state index contributed by atoms with van der Waals surface area (Å²) in [4.78, 5) is 17.8. The standard InChI is InChI=1S/C28H32N6O2S/c1-28(2,36)12-18-8-17(27(35)29-13-16-6-4-3-5-7-16)9-21-20(18)10-22(32-21)25-26-23(33-34-25)11-24(37-26)19-14-30-31-15-19/h8-11,14-16,32,36H,3-7,12-13H2,1-2H3,(H,29,35)(H,30,31)(H,33,34). The van der Waals surface area contributed by atoms with Crippen molar-refractivity contribution >= 4 is 38.4 Å². The highest BCUT2D eigenvalue weighted by Crippen LogP contribution is 2.39. The zero-order valence-corrected chi connectivity index (χ0v) is 22.0. The summed E-state index contributed by atoms with van der Waals surface area (Å²) in [6.07, 6.45) is 10.3. The molecule has 1 fully saturated rings. The molecule has 0 spiro atoms. The largest absolute Gasteiger partial charge is 0.390 e. The Morgan fingerprint density at radius 3 is 2.76 bits per heavy atom. The van der Waals surface area contributed by atoms with E-state index in [4.69, 9.17) is 0 Å². The van der Waals surface area contributed by atoms with Crippen LogP contribution in [0.5, 0.6) is 0 Å². The van der Waals surface area contributed by atoms with E-state index in [-0.39, 0.29) is 5.91 Å². The maximum Gasteiger partial charge on any atom is 0.251 e. The predicted octanol–water partition coefficient (Wildman–Crippen LogP) is 5.79. The second kappa shape index (κ2) is 9.46. The first-order valence-electron chi connectivity index (χ1n) is 13.0. The molecule has 192 valence electrons. The van der Waals surface area contributed by atoms with Gasteiger partial charge in [-0.15, -0.1) is 11.3 Å². The molecule has 0 unspecified atom stereocenters. The van der Waals surface area contributed by atoms with Crippen LogP contribution in [0.25, 0.3) is 42.9 Å². The number of carbonyl (C=O) groups excluding carboxylic acids is 1. The average molecular weight is 517 g/mol. The minimum absolute atomic E-state index is 0.0641. The molecule has 5 N–H and O–H groups in total. The first-order valence-corrected chi connectivity index (χ1v) is 13.8. The summed E-state index contributed by atoms with van der Waals surface area (Å²) in [6, 6.07) is 8.00. The molecule has 4 aromatic heterocycles. The molecule has 0 aliphatic heterocycles. The molecule has 0 atom stereocenters. The Kier molecular flexibility index (Phi) is 6.12. The molecule has 0 radical (unpaired) electrons. The van der Waals surface area contributed by atoms with Gasteiger partial charge in [-0.05, 0) is 62.4 Å². The van der Waals surface area contributed by atoms with Crippen LogP contribution in [0.2, 0.25) is 0 Å². The molecule has 1 aliphatic carbocycles. The number of benzene rings is 1. The molecule has 4 heterocycles. The highest BCUT2D eigenvalue weighted by atomic mass is 32.1. The summed E-state index contributed by atoms with van der Waals surface area (Å²) in [5.74, 6) is 0.500. The molecule has 1 aromatic carbocycles. The fraction of sp³-hybridized carbons (Fsp3) is 0.393. The zero-order valence-electron chi connectivity index (χ0n) is 21.1. The van der Waals surface area contributed by atoms with Crippen molar-refractivity contribution in [3.63, 3.8) is 0 Å². The quantitative estimate of drug-likeness (QED) is 0.188. The van der Waals surface area contributed by atoms with Crippen molar-refractivity contribution in [2.75, 3.05) is 6.54 Å². The van der Waals surface area contributed by atoms with Crippen molar-refractivity contribution in [2.45, 2.75) is 58.0 Å². The van der Waals surface area contributed by atoms with Crippen LogP contribution in [0, 0.1) is 5.92 Å². The van der Waals surface area contributed by atoms with Gasteiger partial charge in [0.15, 0.2) is 0 Å². The minimum atomic E-state index is -0.908. The molecule has 9 heteroatoms. The van der Waals surface area contributed by atoms with Crippen LogP contribution in [-0.4, -0.2) is 48.5 Å². The Labute approximate surface area is 218 Å². The Balaban J connectivity index is 1.35. The number of thiophene rings is 1. The molecule has 0 bridgehead atoms. The third-order valence-corrected chi connectivity index (χ3v) is 8.45. The van der Waals surface area contributed by atoms with Gasteiger partial charge in [-0.3, -0.25) is 15.0 Å². The highest BCUT2D eigenvalue weighted by molar-refractivity contribution is 7.22. The Hall–Kier alpha value is -3.43. The number of hydrogen-bond donors (Lipinski definition) is 5. The summed E-state index contributed by atoms with van der Waals surface area (Å²) < 4.78 is 1.05. The molecule has 0 saturated heterocycles. The second-order valence-electron chi connectivity index (χ2n) is 10.9. The van der Waals surface area contributed by atoms with Crippen LogP contribution >= 0.6 is 11.3 Å². The first-order chi connectivity index (χ1) is 17.8. The van der Waals surface area contributed by atoms with E-state index in [0.717, 1.165) is 55.1 Å². The smallest absolute Gasteiger partial charge is 0.251 e. The number of nitrogens with one attached hydrogen (secondary N) is 4. The number of amides is 1. The number of aromatic amines is 3. The van der Waals surface area contributed by atoms with Gasteiger partial charge >= 0.3 is 0 Å². The van der Waals surface area contributed by atoms with Gasteiger partial charge in [0, 0.05) is 46.1 Å². The molecule has 1 amide bonds. The third kappa shape index (κ3) is 4.93. The molecule has 37 heavy (non-hydrogen) atoms. The number of H-pyrrole nitrogens is 3. The van der Waals surface area contributed by atoms with Gasteiger partial charge in [0.25, 0.3) is 5.91 Å². The lowest BCUT2D eigenvalue weighted by atomic mass is 9.89. The van der Waals surface area contributed by atoms with Crippen molar-refractivity contribution in [2.24, 2.45) is 5.92 Å². The summed E-state index contributed by atoms with van der Waals surface area (Å²) in [7, 11) is 0. The first kappa shape index (κ1) is 23.9. The summed E-state index contributed by atoms with van der Waals surface area (Å²) in [5, 5.41) is 29.4. The van der Waals surface area contributed by atoms with Gasteiger partial charge in [-0.25, -0.2) is 0 Å². The topological polar surface area (TPSA) is 122 Å². The number of aromatic nitrogens is 5. The van der Waals surface area contributed by atoms with E-state index in [2.05, 4.69) is 42.8 Å². The molecular formula is C28H32N6O2S. The van der Waals surface area contributed by atoms with Gasteiger partial charge in [0.2, 0.25) is 0 Å². The molecular weight excluding hydrogens is 484 g/mol. The molecule has 6 rings (SSSR count). The number of rotatable bonds is 7. The normalized spacial score (nSPS) is 15.1. The third-order valence-electron chi connectivity index (χ3n) is 7.26. The van der Waals surface area contributed by atoms with Crippen LogP contribution in [-0.2, 0) is 6.42 Å². The maximum atomic E-state index is 13.2. The van der Waals surface area contributed by atoms with Crippen LogP contribution in [0.15, 0.2) is 36.7 Å². The van der Waals surface area contributed by atoms with Crippen LogP contribution in [0.3, 0.4) is 0 Å². The fourth-order valence-corrected chi connectivity index (χ4v) is 6.53. The Morgan fingerprint density at radius 1 is 1.16 bits per heavy atom. The molecule has 1 saturated carbocycles. The van der Waals surface area contributed by atoms with Crippen molar-refractivity contribution in [1.82, 2.24) is 30.7 Å². The van der Waals surface area contributed by atoms with Crippen LogP contribution < -0.4 is 5.32 Å². The number of nitrogens with zero attached hydrogens (tertiary/aromatic N) is 2. The summed E-state index contributed by atoms with van der Waals surface area (Å²) in [5.41, 5.74) is 5.22. The van der Waals surface area contributed by atoms with E-state index >= 15 is 0 Å². The van der Waals surface area contributed by atoms with Gasteiger partial charge < -0.3 is 15.4 Å². The van der Waals surface area contributed by atoms with E-state index in [1.54, 1.807) is 25.2 Å². The summed E-state index contributed by atoms with van der Waals surface area (Å²) >= 11 is 1.66. The average Bonchev–Trinajstić information content (AvgIpc) is 3.65. The fourth-order valence-electron chi connectivity index (χ4n) is 5.44. The maximum absolute atomic E-state index is 13.2. The molecule has 8 nitrogen and oxygen atoms in total. The van der Waals surface area contributed by atoms with Crippen molar-refractivity contribution in [3.8, 4) is 21.8 Å². The van der Waals surface area contributed by atoms with Gasteiger partial charge in [-0.1, -0.05) is 19.3 Å². The second-order valence-corrected chi connectivity index (χ2v) is 11.9. The van der Waals surface area contributed by atoms with Gasteiger partial charge in [-0.2, -0.15) is 10.2 Å². The van der Waals surface area contributed by atoms with E-state index < -0.39 is 5.60 Å². The predicted molar refractivity (Wildman–Crippen MR) is 148 cm³/mol. The van der Waals surface area contributed by atoms with Crippen molar-refractivity contribution in [1.29, 1.82) is 0 Å². The van der Waals surface area contributed by atoms with E-state index in [9.17, 15) is 9.90 Å². The monoisotopic (exact) mass is 516 g/mol. The van der Waals surface area contributed by atoms with Gasteiger partial charge in [0.05, 0.1) is 27.7 Å². The van der Waals surface area contributed by atoms with E-state index in [1.807, 2.05) is 24.5 Å². The Morgan fingerprint density at radius 2 is 2.00 bits per heavy atom. The van der Waals surface area contributed by atoms with E-state index in [1.165, 1.54) is 32.1 Å².